The van der Waals surface area contributed by atoms with Crippen LogP contribution in [0.1, 0.15) is 11.3 Å². The number of hydrogen-bond acceptors (Lipinski definition) is 7. The molecule has 4 aromatic heterocycles. The first-order chi connectivity index (χ1) is 15.2. The molecule has 8 nitrogen and oxygen atoms in total. The number of aromatic nitrogens is 4. The van der Waals surface area contributed by atoms with Crippen molar-refractivity contribution in [3.63, 3.8) is 0 Å². The highest BCUT2D eigenvalue weighted by molar-refractivity contribution is 5.85. The minimum atomic E-state index is 0.0863. The Labute approximate surface area is 179 Å². The number of rotatable bonds is 4. The summed E-state index contributed by atoms with van der Waals surface area (Å²) in [4.78, 5) is 13.8. The van der Waals surface area contributed by atoms with Gasteiger partial charge in [0.05, 0.1) is 29.2 Å². The molecule has 5 heterocycles. The van der Waals surface area contributed by atoms with E-state index < -0.39 is 0 Å². The number of hydrogen-bond donors (Lipinski definition) is 1. The minimum Gasteiger partial charge on any atom is -0.506 e. The van der Waals surface area contributed by atoms with E-state index in [1.165, 1.54) is 16.9 Å². The third-order valence-electron chi connectivity index (χ3n) is 5.58. The maximum atomic E-state index is 10.1. The molecule has 5 rings (SSSR count). The average Bonchev–Trinajstić information content (AvgIpc) is 3.23. The minimum absolute atomic E-state index is 0.0863. The molecule has 1 saturated heterocycles. The standard InChI is InChI=1S/C23H21N7O/c24-12-18-14-27-30-16-20(31)11-21(23(18)30)17-4-5-22(26-13-17)29-9-7-28(8-10-29)15-19-3-1-2-6-25-19/h1-6,11,13-14,16,31H,7-10,15H2. The van der Waals surface area contributed by atoms with E-state index >= 15 is 0 Å². The molecule has 154 valence electrons. The smallest absolute Gasteiger partial charge is 0.134 e. The van der Waals surface area contributed by atoms with Crippen LogP contribution in [0.15, 0.2) is 61.2 Å². The van der Waals surface area contributed by atoms with Crippen molar-refractivity contribution in [1.82, 2.24) is 24.5 Å². The molecule has 0 atom stereocenters. The zero-order valence-corrected chi connectivity index (χ0v) is 16.9. The van der Waals surface area contributed by atoms with Crippen LogP contribution in [0, 0.1) is 11.3 Å². The molecule has 0 amide bonds. The van der Waals surface area contributed by atoms with Gasteiger partial charge in [-0.05, 0) is 30.3 Å². The van der Waals surface area contributed by atoms with E-state index in [9.17, 15) is 10.4 Å². The van der Waals surface area contributed by atoms with Crippen molar-refractivity contribution in [3.8, 4) is 22.9 Å². The van der Waals surface area contributed by atoms with Crippen molar-refractivity contribution in [2.24, 2.45) is 0 Å². The Kier molecular flexibility index (Phi) is 4.94. The Morgan fingerprint density at radius 1 is 1.03 bits per heavy atom. The number of nitriles is 1. The van der Waals surface area contributed by atoms with Crippen molar-refractivity contribution < 1.29 is 5.11 Å². The van der Waals surface area contributed by atoms with Crippen LogP contribution in [-0.2, 0) is 6.54 Å². The maximum Gasteiger partial charge on any atom is 0.134 e. The zero-order valence-electron chi connectivity index (χ0n) is 16.9. The molecule has 0 bridgehead atoms. The molecule has 0 aromatic carbocycles. The summed E-state index contributed by atoms with van der Waals surface area (Å²) in [7, 11) is 0. The van der Waals surface area contributed by atoms with Gasteiger partial charge in [-0.15, -0.1) is 0 Å². The van der Waals surface area contributed by atoms with E-state index in [0.717, 1.165) is 55.4 Å². The summed E-state index contributed by atoms with van der Waals surface area (Å²) in [5.41, 5.74) is 3.78. The predicted molar refractivity (Wildman–Crippen MR) is 117 cm³/mol. The summed E-state index contributed by atoms with van der Waals surface area (Å²) in [6.07, 6.45) is 6.62. The van der Waals surface area contributed by atoms with Gasteiger partial charge in [0.25, 0.3) is 0 Å². The summed E-state index contributed by atoms with van der Waals surface area (Å²) >= 11 is 0. The van der Waals surface area contributed by atoms with Gasteiger partial charge in [-0.1, -0.05) is 6.07 Å². The van der Waals surface area contributed by atoms with Gasteiger partial charge >= 0.3 is 0 Å². The third-order valence-corrected chi connectivity index (χ3v) is 5.58. The fourth-order valence-electron chi connectivity index (χ4n) is 4.00. The van der Waals surface area contributed by atoms with Gasteiger partial charge in [-0.3, -0.25) is 9.88 Å². The SMILES string of the molecule is N#Cc1cnn2cc(O)cc(-c3ccc(N4CCN(Cc5ccccn5)CC4)nc3)c12. The number of nitrogens with zero attached hydrogens (tertiary/aromatic N) is 7. The van der Waals surface area contributed by atoms with Crippen molar-refractivity contribution in [2.75, 3.05) is 31.1 Å². The highest BCUT2D eigenvalue weighted by atomic mass is 16.3. The molecule has 0 radical (unpaired) electrons. The van der Waals surface area contributed by atoms with Crippen molar-refractivity contribution in [3.05, 3.63) is 72.4 Å². The number of anilines is 1. The third kappa shape index (κ3) is 3.79. The van der Waals surface area contributed by atoms with Crippen LogP contribution in [0.2, 0.25) is 0 Å². The van der Waals surface area contributed by atoms with Gasteiger partial charge in [0.1, 0.15) is 17.6 Å². The second-order valence-electron chi connectivity index (χ2n) is 7.56. The van der Waals surface area contributed by atoms with Crippen LogP contribution in [0.4, 0.5) is 5.82 Å². The monoisotopic (exact) mass is 411 g/mol. The number of piperazine rings is 1. The Bertz CT molecular complexity index is 1240. The average molecular weight is 411 g/mol. The van der Waals surface area contributed by atoms with Crippen LogP contribution in [0.25, 0.3) is 16.6 Å². The second-order valence-corrected chi connectivity index (χ2v) is 7.56. The summed E-state index contributed by atoms with van der Waals surface area (Å²) in [6.45, 7) is 4.57. The Morgan fingerprint density at radius 3 is 2.61 bits per heavy atom. The first-order valence-corrected chi connectivity index (χ1v) is 10.2. The molecular weight excluding hydrogens is 390 g/mol. The molecule has 1 fully saturated rings. The van der Waals surface area contributed by atoms with Crippen LogP contribution in [-0.4, -0.2) is 55.8 Å². The van der Waals surface area contributed by atoms with Crippen LogP contribution >= 0.6 is 0 Å². The number of aromatic hydroxyl groups is 1. The molecule has 31 heavy (non-hydrogen) atoms. The summed E-state index contributed by atoms with van der Waals surface area (Å²) < 4.78 is 1.53. The molecule has 0 spiro atoms. The fraction of sp³-hybridized carbons (Fsp3) is 0.217. The molecule has 1 aliphatic heterocycles. The van der Waals surface area contributed by atoms with Gasteiger partial charge < -0.3 is 10.0 Å². The molecule has 1 aliphatic rings. The van der Waals surface area contributed by atoms with Crippen molar-refractivity contribution in [2.45, 2.75) is 6.54 Å². The lowest BCUT2D eigenvalue weighted by Gasteiger charge is -2.35. The van der Waals surface area contributed by atoms with Crippen LogP contribution in [0.5, 0.6) is 5.75 Å². The number of fused-ring (bicyclic) bond motifs is 1. The van der Waals surface area contributed by atoms with Crippen LogP contribution < -0.4 is 4.90 Å². The quantitative estimate of drug-likeness (QED) is 0.552. The Morgan fingerprint density at radius 2 is 1.90 bits per heavy atom. The summed E-state index contributed by atoms with van der Waals surface area (Å²) in [5.74, 6) is 1.01. The topological polar surface area (TPSA) is 93.6 Å². The largest absolute Gasteiger partial charge is 0.506 e. The molecule has 0 aliphatic carbocycles. The summed E-state index contributed by atoms with van der Waals surface area (Å²) in [6, 6.07) is 13.8. The molecule has 0 saturated carbocycles. The van der Waals surface area contributed by atoms with Gasteiger partial charge in [0.2, 0.25) is 0 Å². The fourth-order valence-corrected chi connectivity index (χ4v) is 4.00. The van der Waals surface area contributed by atoms with Gasteiger partial charge in [0.15, 0.2) is 0 Å². The first-order valence-electron chi connectivity index (χ1n) is 10.2. The molecule has 1 N–H and O–H groups in total. The lowest BCUT2D eigenvalue weighted by atomic mass is 10.1. The van der Waals surface area contributed by atoms with E-state index in [0.29, 0.717) is 11.1 Å². The van der Waals surface area contributed by atoms with E-state index in [1.807, 2.05) is 30.5 Å². The lowest BCUT2D eigenvalue weighted by molar-refractivity contribution is 0.246. The molecular formula is C23H21N7O. The second kappa shape index (κ2) is 8.05. The lowest BCUT2D eigenvalue weighted by Crippen LogP contribution is -2.46. The van der Waals surface area contributed by atoms with Gasteiger partial charge in [-0.25, -0.2) is 9.50 Å². The van der Waals surface area contributed by atoms with Gasteiger partial charge in [0, 0.05) is 56.2 Å². The van der Waals surface area contributed by atoms with Crippen molar-refractivity contribution in [1.29, 1.82) is 5.26 Å². The normalized spacial score (nSPS) is 14.6. The molecule has 0 unspecified atom stereocenters. The Balaban J connectivity index is 1.32. The predicted octanol–water partition coefficient (Wildman–Crippen LogP) is 2.69. The zero-order chi connectivity index (χ0) is 21.2. The maximum absolute atomic E-state index is 10.1. The molecule has 4 aromatic rings. The van der Waals surface area contributed by atoms with E-state index in [2.05, 4.69) is 37.0 Å². The van der Waals surface area contributed by atoms with Gasteiger partial charge in [-0.2, -0.15) is 10.4 Å². The summed E-state index contributed by atoms with van der Waals surface area (Å²) in [5, 5.41) is 23.6. The first kappa shape index (κ1) is 19.0. The highest BCUT2D eigenvalue weighted by Crippen LogP contribution is 2.30. The van der Waals surface area contributed by atoms with Crippen molar-refractivity contribution >= 4 is 11.3 Å². The number of pyridine rings is 3. The highest BCUT2D eigenvalue weighted by Gasteiger charge is 2.19. The van der Waals surface area contributed by atoms with Crippen LogP contribution in [0.3, 0.4) is 0 Å². The van der Waals surface area contributed by atoms with E-state index in [1.54, 1.807) is 12.3 Å². The Hall–Kier alpha value is -3.96. The molecule has 8 heteroatoms. The van der Waals surface area contributed by atoms with E-state index in [-0.39, 0.29) is 5.75 Å². The van der Waals surface area contributed by atoms with E-state index in [4.69, 9.17) is 0 Å².